The third-order valence-electron chi connectivity index (χ3n) is 17.0. The first-order chi connectivity index (χ1) is 42.7. The molecule has 3 aromatic heterocycles. The molecule has 0 saturated heterocycles. The Hall–Kier alpha value is -8.84. The van der Waals surface area contributed by atoms with Crippen molar-refractivity contribution >= 4 is 68.3 Å². The number of nitrogens with two attached hydrogens (primary N) is 3. The molecule has 19 heteroatoms. The van der Waals surface area contributed by atoms with Crippen LogP contribution in [0.5, 0.6) is 17.2 Å². The molecule has 12 rings (SSSR count). The fraction of sp³-hybridized carbons (Fsp3) is 0.314. The Morgan fingerprint density at radius 2 is 0.764 bits per heavy atom. The van der Waals surface area contributed by atoms with Crippen LogP contribution in [0.25, 0.3) is 32.7 Å². The molecule has 89 heavy (non-hydrogen) atoms. The van der Waals surface area contributed by atoms with Gasteiger partial charge in [-0.25, -0.2) is 9.59 Å². The van der Waals surface area contributed by atoms with Crippen LogP contribution in [0.3, 0.4) is 0 Å². The molecule has 18 nitrogen and oxygen atoms in total. The first-order valence-corrected chi connectivity index (χ1v) is 30.0. The summed E-state index contributed by atoms with van der Waals surface area (Å²) < 4.78 is 28.4. The largest absolute Gasteiger partial charge is 1.00 e. The van der Waals surface area contributed by atoms with Gasteiger partial charge in [0.2, 0.25) is 17.7 Å². The van der Waals surface area contributed by atoms with E-state index in [0.717, 1.165) is 142 Å². The number of esters is 1. The van der Waals surface area contributed by atoms with E-state index < -0.39 is 43.0 Å². The number of aromatic nitrogens is 3. The number of hydrogen-bond acceptors (Lipinski definition) is 11. The second kappa shape index (κ2) is 29.9. The van der Waals surface area contributed by atoms with Crippen LogP contribution in [0.4, 0.5) is 0 Å². The number of carboxylic acid groups (broad SMARTS) is 2. The molecular formula is C70H73N6NaO12. The third-order valence-corrected chi connectivity index (χ3v) is 17.0. The predicted octanol–water partition coefficient (Wildman–Crippen LogP) is 6.10. The Balaban J connectivity index is 0.000000158. The quantitative estimate of drug-likeness (QED) is 0.0431. The number of carbonyl (C=O) groups is 6. The molecule has 0 fully saturated rings. The van der Waals surface area contributed by atoms with Gasteiger partial charge in [-0.1, -0.05) is 128 Å². The van der Waals surface area contributed by atoms with Gasteiger partial charge in [0.25, 0.3) is 0 Å². The Bertz CT molecular complexity index is 3840. The molecular weight excluding hydrogens is 1140 g/mol. The van der Waals surface area contributed by atoms with Gasteiger partial charge in [0.1, 0.15) is 23.9 Å². The number of hydrogen-bond donors (Lipinski definition) is 4. The predicted molar refractivity (Wildman–Crippen MR) is 332 cm³/mol. The van der Waals surface area contributed by atoms with E-state index in [-0.39, 0.29) is 59.8 Å². The van der Waals surface area contributed by atoms with E-state index in [1.165, 1.54) is 12.7 Å². The number of carboxylic acids is 2. The topological polar surface area (TPSA) is 275 Å². The van der Waals surface area contributed by atoms with Crippen LogP contribution < -0.4 is 66.1 Å². The summed E-state index contributed by atoms with van der Waals surface area (Å²) >= 11 is 0. The Morgan fingerprint density at radius 1 is 0.449 bits per heavy atom. The van der Waals surface area contributed by atoms with E-state index in [0.29, 0.717) is 49.7 Å². The SMILES string of the molecule is COC(=O)COc1cccc2c1c1c(n2Cc2ccccc2)CCCCC1C(N)=O.NC(=O)C1CCCCc2c1c1c(OCC(=O)O)cccc1n2Cc1ccccc1.NC(=O)C1CCCCc2c1c1c(OCC(=O)[O-])cccc1n2Cc1ccccc1.[Na+]. The maximum atomic E-state index is 12.4. The first-order valence-electron chi connectivity index (χ1n) is 30.0. The van der Waals surface area contributed by atoms with Crippen molar-refractivity contribution in [3.05, 3.63) is 196 Å². The third kappa shape index (κ3) is 14.7. The van der Waals surface area contributed by atoms with Gasteiger partial charge < -0.3 is 64.9 Å². The number of primary amides is 3. The fourth-order valence-electron chi connectivity index (χ4n) is 13.2. The van der Waals surface area contributed by atoms with Crippen LogP contribution >= 0.6 is 0 Å². The molecule has 3 aliphatic rings. The van der Waals surface area contributed by atoms with Gasteiger partial charge in [0.15, 0.2) is 13.2 Å². The standard InChI is InChI=1S/C24H26N2O4.2C23H24N2O4.Na/c1-29-21(27)15-30-20-13-7-12-19-23(20)22-17(24(25)28)10-5-6-11-18(22)26(19)14-16-8-3-2-4-9-16;2*24-23(28)16-9-4-5-10-17-21(16)22-18(11-6-12-19(22)29-14-20(26)27)25(17)13-15-7-2-1-3-8-15;/h2-4,7-9,12-13,17H,5-6,10-11,14-15H2,1H3,(H2,25,28);2*1-3,6-8,11-12,16H,4-5,9-10,13-14H2,(H2,24,28)(H,26,27);/q;;;+1/p-1. The molecule has 9 aromatic rings. The van der Waals surface area contributed by atoms with Gasteiger partial charge in [0, 0.05) is 52.9 Å². The van der Waals surface area contributed by atoms with E-state index in [9.17, 15) is 33.9 Å². The zero-order valence-corrected chi connectivity index (χ0v) is 52.3. The number of methoxy groups -OCH3 is 1. The Kier molecular flexibility index (Phi) is 21.7. The summed E-state index contributed by atoms with van der Waals surface area (Å²) in [4.78, 5) is 70.7. The second-order valence-electron chi connectivity index (χ2n) is 22.6. The average Bonchev–Trinajstić information content (AvgIpc) is 1.63. The van der Waals surface area contributed by atoms with Crippen molar-refractivity contribution in [3.8, 4) is 17.2 Å². The van der Waals surface area contributed by atoms with Crippen LogP contribution in [-0.2, 0) is 72.4 Å². The second-order valence-corrected chi connectivity index (χ2v) is 22.6. The summed E-state index contributed by atoms with van der Waals surface area (Å²) in [5.74, 6) is -3.48. The van der Waals surface area contributed by atoms with Crippen molar-refractivity contribution < 1.29 is 87.5 Å². The minimum atomic E-state index is -1.29. The Labute approximate surface area is 538 Å². The summed E-state index contributed by atoms with van der Waals surface area (Å²) in [7, 11) is 1.33. The molecule has 0 saturated carbocycles. The van der Waals surface area contributed by atoms with Gasteiger partial charge in [-0.05, 0) is 128 Å². The molecule has 3 heterocycles. The number of ether oxygens (including phenoxy) is 4. The molecule has 3 unspecified atom stereocenters. The minimum absolute atomic E-state index is 0. The van der Waals surface area contributed by atoms with Crippen molar-refractivity contribution in [2.75, 3.05) is 26.9 Å². The van der Waals surface area contributed by atoms with E-state index in [2.05, 4.69) is 50.1 Å². The van der Waals surface area contributed by atoms with Gasteiger partial charge in [0.05, 0.1) is 47.4 Å². The van der Waals surface area contributed by atoms with Crippen LogP contribution in [0, 0.1) is 0 Å². The first kappa shape index (κ1) is 64.6. The maximum Gasteiger partial charge on any atom is 1.00 e. The van der Waals surface area contributed by atoms with Gasteiger partial charge >= 0.3 is 41.5 Å². The minimum Gasteiger partial charge on any atom is -0.546 e. The van der Waals surface area contributed by atoms with Crippen LogP contribution in [0.1, 0.15) is 126 Å². The van der Waals surface area contributed by atoms with Crippen molar-refractivity contribution in [2.24, 2.45) is 17.2 Å². The van der Waals surface area contributed by atoms with Crippen LogP contribution in [0.15, 0.2) is 146 Å². The molecule has 3 atom stereocenters. The van der Waals surface area contributed by atoms with Crippen molar-refractivity contribution in [2.45, 2.75) is 114 Å². The zero-order chi connectivity index (χ0) is 61.8. The monoisotopic (exact) mass is 1210 g/mol. The van der Waals surface area contributed by atoms with Crippen LogP contribution in [0.2, 0.25) is 0 Å². The van der Waals surface area contributed by atoms with E-state index in [4.69, 9.17) is 41.3 Å². The van der Waals surface area contributed by atoms with Gasteiger partial charge in [-0.15, -0.1) is 0 Å². The summed E-state index contributed by atoms with van der Waals surface area (Å²) in [6.07, 6.45) is 10.4. The summed E-state index contributed by atoms with van der Waals surface area (Å²) in [5, 5.41) is 22.5. The fourth-order valence-corrected chi connectivity index (χ4v) is 13.2. The number of amides is 3. The normalized spacial score (nSPS) is 15.9. The molecule has 3 amide bonds. The van der Waals surface area contributed by atoms with Crippen molar-refractivity contribution in [1.82, 2.24) is 13.7 Å². The van der Waals surface area contributed by atoms with E-state index in [1.54, 1.807) is 12.1 Å². The average molecular weight is 1210 g/mol. The Morgan fingerprint density at radius 3 is 1.06 bits per heavy atom. The smallest absolute Gasteiger partial charge is 0.546 e. The zero-order valence-electron chi connectivity index (χ0n) is 50.3. The summed E-state index contributed by atoms with van der Waals surface area (Å²) in [5.41, 5.74) is 29.8. The van der Waals surface area contributed by atoms with Crippen molar-refractivity contribution in [3.63, 3.8) is 0 Å². The summed E-state index contributed by atoms with van der Waals surface area (Å²) in [6.45, 7) is 0.856. The molecule has 0 aliphatic heterocycles. The van der Waals surface area contributed by atoms with Gasteiger partial charge in [-0.2, -0.15) is 0 Å². The number of aliphatic carboxylic acids is 2. The van der Waals surface area contributed by atoms with Gasteiger partial charge in [-0.3, -0.25) is 14.4 Å². The number of rotatable bonds is 18. The molecule has 6 aromatic carbocycles. The van der Waals surface area contributed by atoms with E-state index in [1.807, 2.05) is 97.1 Å². The molecule has 0 spiro atoms. The van der Waals surface area contributed by atoms with Crippen molar-refractivity contribution in [1.29, 1.82) is 0 Å². The van der Waals surface area contributed by atoms with E-state index >= 15 is 0 Å². The molecule has 7 N–H and O–H groups in total. The summed E-state index contributed by atoms with van der Waals surface area (Å²) in [6, 6.07) is 47.5. The number of benzene rings is 6. The number of carbonyl (C=O) groups excluding carboxylic acids is 5. The van der Waals surface area contributed by atoms with Crippen LogP contribution in [-0.4, -0.2) is 81.4 Å². The number of fused-ring (bicyclic) bond motifs is 9. The molecule has 3 aliphatic carbocycles. The molecule has 0 radical (unpaired) electrons. The molecule has 456 valence electrons. The number of nitrogens with zero attached hydrogens (tertiary/aromatic N) is 3. The maximum absolute atomic E-state index is 12.4. The molecule has 0 bridgehead atoms.